The minimum Gasteiger partial charge on any atom is -0.493 e. The van der Waals surface area contributed by atoms with Crippen LogP contribution in [-0.4, -0.2) is 36.8 Å². The Morgan fingerprint density at radius 2 is 1.73 bits per heavy atom. The lowest BCUT2D eigenvalue weighted by molar-refractivity contribution is -0.130. The molecule has 9 heteroatoms. The van der Waals surface area contributed by atoms with E-state index >= 15 is 0 Å². The van der Waals surface area contributed by atoms with Crippen LogP contribution < -0.4 is 9.47 Å². The number of rotatable bonds is 6. The summed E-state index contributed by atoms with van der Waals surface area (Å²) in [5.41, 5.74) is 1.52. The van der Waals surface area contributed by atoms with E-state index in [2.05, 4.69) is 32.0 Å². The lowest BCUT2D eigenvalue weighted by Gasteiger charge is -2.43. The Kier molecular flexibility index (Phi) is 7.34. The smallest absolute Gasteiger partial charge is 0.493 e. The van der Waals surface area contributed by atoms with Crippen molar-refractivity contribution < 1.29 is 31.5 Å². The van der Waals surface area contributed by atoms with Crippen LogP contribution in [0.1, 0.15) is 83.6 Å². The average molecular weight is 542 g/mol. The first-order valence-electron chi connectivity index (χ1n) is 13.9. The third-order valence-corrected chi connectivity index (χ3v) is 13.6. The van der Waals surface area contributed by atoms with Gasteiger partial charge in [0.2, 0.25) is 0 Å². The normalized spacial score (nSPS) is 36.1. The van der Waals surface area contributed by atoms with Crippen molar-refractivity contribution in [3.63, 3.8) is 0 Å². The van der Waals surface area contributed by atoms with Crippen molar-refractivity contribution in [1.29, 1.82) is 0 Å². The van der Waals surface area contributed by atoms with Gasteiger partial charge >= 0.3 is 7.25 Å². The molecule has 1 unspecified atom stereocenters. The molecule has 5 fully saturated rings. The van der Waals surface area contributed by atoms with Gasteiger partial charge in [0.25, 0.3) is 0 Å². The molecular weight excluding hydrogens is 503 g/mol. The number of benzene rings is 1. The Bertz CT molecular complexity index is 1010. The van der Waals surface area contributed by atoms with E-state index in [0.29, 0.717) is 23.1 Å². The third kappa shape index (κ3) is 4.91. The van der Waals surface area contributed by atoms with E-state index in [1.165, 1.54) is 44.1 Å². The fourth-order valence-electron chi connectivity index (χ4n) is 8.51. The fourth-order valence-corrected chi connectivity index (χ4v) is 12.6. The third-order valence-electron chi connectivity index (χ3n) is 10.2. The van der Waals surface area contributed by atoms with Crippen molar-refractivity contribution in [3.8, 4) is 11.5 Å². The maximum absolute atomic E-state index is 13.5. The number of halogens is 4. The van der Waals surface area contributed by atoms with E-state index in [-0.39, 0.29) is 21.7 Å². The lowest BCUT2D eigenvalue weighted by Crippen LogP contribution is -2.53. The van der Waals surface area contributed by atoms with E-state index < -0.39 is 7.25 Å². The quantitative estimate of drug-likeness (QED) is 0.214. The van der Waals surface area contributed by atoms with Crippen LogP contribution in [0.5, 0.6) is 11.5 Å². The van der Waals surface area contributed by atoms with Gasteiger partial charge in [0, 0.05) is 24.3 Å². The predicted octanol–water partition coefficient (Wildman–Crippen LogP) is 7.38. The number of fused-ring (bicyclic) bond motifs is 4. The molecule has 1 aliphatic heterocycles. The highest BCUT2D eigenvalue weighted by atomic mass is 32.2. The molecule has 0 spiro atoms. The molecule has 1 heterocycles. The molecule has 0 radical (unpaired) electrons. The molecule has 6 rings (SSSR count). The Balaban J connectivity index is 0.000000514. The second-order valence-electron chi connectivity index (χ2n) is 12.3. The van der Waals surface area contributed by atoms with Gasteiger partial charge in [-0.2, -0.15) is 0 Å². The zero-order chi connectivity index (χ0) is 26.6. The Labute approximate surface area is 220 Å². The molecule has 5 aliphatic rings. The zero-order valence-corrected chi connectivity index (χ0v) is 22.9. The molecule has 6 atom stereocenters. The summed E-state index contributed by atoms with van der Waals surface area (Å²) in [6, 6.07) is 6.64. The lowest BCUT2D eigenvalue weighted by atomic mass is 9.64. The maximum Gasteiger partial charge on any atom is 0.673 e. The van der Waals surface area contributed by atoms with Crippen LogP contribution in [-0.2, 0) is 21.4 Å². The number of Topliss-reactive ketones (excluding diaryl/α,β-unsaturated/α-hetero) is 1. The highest BCUT2D eigenvalue weighted by Crippen LogP contribution is 2.70. The molecule has 4 aliphatic carbocycles. The summed E-state index contributed by atoms with van der Waals surface area (Å²) < 4.78 is 51.1. The van der Waals surface area contributed by atoms with Gasteiger partial charge < -0.3 is 26.7 Å². The second-order valence-corrected chi connectivity index (χ2v) is 14.7. The summed E-state index contributed by atoms with van der Waals surface area (Å²) in [7, 11) is -3.97. The molecule has 1 aromatic carbocycles. The summed E-state index contributed by atoms with van der Waals surface area (Å²) in [4.78, 5) is 13.5. The van der Waals surface area contributed by atoms with Crippen LogP contribution in [0, 0.1) is 22.7 Å². The van der Waals surface area contributed by atoms with E-state index in [1.54, 1.807) is 7.11 Å². The van der Waals surface area contributed by atoms with Crippen molar-refractivity contribution >= 4 is 23.9 Å². The van der Waals surface area contributed by atoms with Gasteiger partial charge in [-0.25, -0.2) is 0 Å². The van der Waals surface area contributed by atoms with E-state index in [1.807, 2.05) is 0 Å². The first-order valence-corrected chi connectivity index (χ1v) is 15.4. The Hall–Kier alpha value is -1.38. The van der Waals surface area contributed by atoms with Crippen molar-refractivity contribution in [2.24, 2.45) is 22.7 Å². The van der Waals surface area contributed by atoms with E-state index in [4.69, 9.17) is 9.47 Å². The monoisotopic (exact) mass is 542 g/mol. The summed E-state index contributed by atoms with van der Waals surface area (Å²) in [6.07, 6.45) is 12.6. The van der Waals surface area contributed by atoms with Gasteiger partial charge in [-0.3, -0.25) is 4.79 Å². The predicted molar refractivity (Wildman–Crippen MR) is 141 cm³/mol. The topological polar surface area (TPSA) is 35.5 Å². The molecule has 3 nitrogen and oxygen atoms in total. The van der Waals surface area contributed by atoms with Crippen molar-refractivity contribution in [1.82, 2.24) is 0 Å². The minimum absolute atomic E-state index is 0.0454. The molecule has 0 N–H and O–H groups in total. The molecule has 4 bridgehead atoms. The van der Waals surface area contributed by atoms with Gasteiger partial charge in [0.05, 0.1) is 18.6 Å². The standard InChI is InChI=1S/C28H39O3S.BF4/c1-27(2)20-12-13-28(27,25(29)16-20)26-19-9-10-22(15-19)32(26)17-18-8-11-23(30-3)24(14-18)31-21-6-4-5-7-21;2-1(3,4)5/h8,11,14,19-22,26H,4-7,9-10,12-13,15-17H2,1-3H3;/q+1;-1/t19-,20-,22+,26+,28+,32?;/m0./s1. The van der Waals surface area contributed by atoms with Crippen LogP contribution in [0.3, 0.4) is 0 Å². The maximum atomic E-state index is 13.5. The van der Waals surface area contributed by atoms with Gasteiger partial charge in [0.15, 0.2) is 11.5 Å². The number of methoxy groups -OCH3 is 1. The van der Waals surface area contributed by atoms with Gasteiger partial charge in [-0.15, -0.1) is 0 Å². The van der Waals surface area contributed by atoms with E-state index in [9.17, 15) is 22.1 Å². The first kappa shape index (κ1) is 27.2. The molecule has 1 saturated heterocycles. The largest absolute Gasteiger partial charge is 0.673 e. The van der Waals surface area contributed by atoms with Crippen LogP contribution in [0.2, 0.25) is 0 Å². The number of carbonyl (C=O) groups is 1. The molecular formula is C28H39BF4O3S. The van der Waals surface area contributed by atoms with Crippen LogP contribution >= 0.6 is 0 Å². The number of ketones is 1. The second kappa shape index (κ2) is 9.98. The van der Waals surface area contributed by atoms with Crippen molar-refractivity contribution in [2.75, 3.05) is 7.11 Å². The number of ether oxygens (including phenoxy) is 2. The average Bonchev–Trinajstić information content (AvgIpc) is 3.62. The summed E-state index contributed by atoms with van der Waals surface area (Å²) in [6.45, 7) is 4.87. The van der Waals surface area contributed by atoms with Crippen molar-refractivity contribution in [2.45, 2.75) is 100 Å². The molecule has 1 aromatic rings. The summed E-state index contributed by atoms with van der Waals surface area (Å²) >= 11 is 0. The van der Waals surface area contributed by atoms with E-state index in [0.717, 1.165) is 54.1 Å². The van der Waals surface area contributed by atoms with Crippen molar-refractivity contribution in [3.05, 3.63) is 23.8 Å². The van der Waals surface area contributed by atoms with Crippen LogP contribution in [0.15, 0.2) is 18.2 Å². The molecule has 206 valence electrons. The highest BCUT2D eigenvalue weighted by molar-refractivity contribution is 7.97. The van der Waals surface area contributed by atoms with Gasteiger partial charge in [-0.05, 0) is 85.7 Å². The first-order chi connectivity index (χ1) is 17.4. The number of hydrogen-bond acceptors (Lipinski definition) is 3. The zero-order valence-electron chi connectivity index (χ0n) is 22.1. The number of hydrogen-bond donors (Lipinski definition) is 0. The highest BCUT2D eigenvalue weighted by Gasteiger charge is 2.75. The SMILES string of the molecule is COc1ccc(C[S+]2[C@@H]3CC[C@@H](C3)[C@@H]2[C@@]23CC[C@@H](CC2=O)C3(C)C)cc1OC1CCCC1.F[B-](F)(F)F. The number of carbonyl (C=O) groups excluding carboxylic acids is 1. The summed E-state index contributed by atoms with van der Waals surface area (Å²) in [5, 5.41) is 1.43. The molecule has 37 heavy (non-hydrogen) atoms. The fraction of sp³-hybridized carbons (Fsp3) is 0.750. The van der Waals surface area contributed by atoms with Gasteiger partial charge in [0.1, 0.15) is 22.0 Å². The Morgan fingerprint density at radius 3 is 2.32 bits per heavy atom. The molecule has 0 aromatic heterocycles. The Morgan fingerprint density at radius 1 is 1.03 bits per heavy atom. The van der Waals surface area contributed by atoms with Gasteiger partial charge in [-0.1, -0.05) is 19.9 Å². The van der Waals surface area contributed by atoms with Crippen LogP contribution in [0.25, 0.3) is 0 Å². The van der Waals surface area contributed by atoms with Crippen LogP contribution in [0.4, 0.5) is 17.3 Å². The minimum atomic E-state index is -6.00. The molecule has 0 amide bonds. The molecule has 4 saturated carbocycles. The summed E-state index contributed by atoms with van der Waals surface area (Å²) in [5.74, 6) is 4.92.